The van der Waals surface area contributed by atoms with Crippen molar-refractivity contribution >= 4 is 33.1 Å². The van der Waals surface area contributed by atoms with Gasteiger partial charge >= 0.3 is 0 Å². The summed E-state index contributed by atoms with van der Waals surface area (Å²) in [5.74, 6) is 1.26. The molecule has 24 heavy (non-hydrogen) atoms. The second-order valence-electron chi connectivity index (χ2n) is 5.98. The van der Waals surface area contributed by atoms with Gasteiger partial charge in [0.05, 0.1) is 10.2 Å². The highest BCUT2D eigenvalue weighted by Crippen LogP contribution is 2.33. The van der Waals surface area contributed by atoms with Gasteiger partial charge in [0.1, 0.15) is 18.9 Å². The van der Waals surface area contributed by atoms with Gasteiger partial charge in [0.25, 0.3) is 5.91 Å². The highest BCUT2D eigenvalue weighted by molar-refractivity contribution is 7.17. The van der Waals surface area contributed by atoms with Gasteiger partial charge < -0.3 is 19.4 Å². The number of hydrogen-bond donors (Lipinski definition) is 1. The Morgan fingerprint density at radius 1 is 1.17 bits per heavy atom. The molecule has 2 aromatic heterocycles. The van der Waals surface area contributed by atoms with Crippen LogP contribution in [0.5, 0.6) is 11.5 Å². The van der Waals surface area contributed by atoms with Crippen LogP contribution >= 0.6 is 11.3 Å². The number of anilines is 1. The Kier molecular flexibility index (Phi) is 3.69. The number of fused-ring (bicyclic) bond motifs is 2. The van der Waals surface area contributed by atoms with Crippen LogP contribution in [0.3, 0.4) is 0 Å². The molecule has 1 aliphatic rings. The molecular weight excluding hydrogens is 324 g/mol. The van der Waals surface area contributed by atoms with Crippen molar-refractivity contribution in [2.75, 3.05) is 18.5 Å². The van der Waals surface area contributed by atoms with Crippen LogP contribution in [0.4, 0.5) is 5.69 Å². The molecule has 1 N–H and O–H groups in total. The summed E-state index contributed by atoms with van der Waals surface area (Å²) < 4.78 is 14.3. The van der Waals surface area contributed by atoms with Gasteiger partial charge in [-0.1, -0.05) is 0 Å². The summed E-state index contributed by atoms with van der Waals surface area (Å²) in [5.41, 5.74) is 2.47. The Labute approximate surface area is 143 Å². The van der Waals surface area contributed by atoms with E-state index in [-0.39, 0.29) is 11.9 Å². The minimum atomic E-state index is -0.122. The normalized spacial score (nSPS) is 13.5. The zero-order valence-corrected chi connectivity index (χ0v) is 14.4. The molecule has 1 amide bonds. The van der Waals surface area contributed by atoms with Crippen molar-refractivity contribution in [2.45, 2.75) is 19.9 Å². The summed E-state index contributed by atoms with van der Waals surface area (Å²) >= 11 is 1.64. The molecule has 0 saturated heterocycles. The molecule has 0 spiro atoms. The summed E-state index contributed by atoms with van der Waals surface area (Å²) in [6.07, 6.45) is 0. The lowest BCUT2D eigenvalue weighted by Gasteiger charge is -2.19. The summed E-state index contributed by atoms with van der Waals surface area (Å²) in [4.78, 5) is 12.8. The van der Waals surface area contributed by atoms with E-state index in [1.807, 2.05) is 23.6 Å². The minimum absolute atomic E-state index is 0.122. The molecule has 5 nitrogen and oxygen atoms in total. The van der Waals surface area contributed by atoms with Crippen molar-refractivity contribution in [2.24, 2.45) is 0 Å². The Balaban J connectivity index is 1.65. The number of thiophene rings is 1. The van der Waals surface area contributed by atoms with Crippen LogP contribution < -0.4 is 14.8 Å². The van der Waals surface area contributed by atoms with Crippen LogP contribution in [0.1, 0.15) is 30.4 Å². The summed E-state index contributed by atoms with van der Waals surface area (Å²) in [6, 6.07) is 9.67. The molecular formula is C18H18N2O3S. The predicted octanol–water partition coefficient (Wildman–Crippen LogP) is 4.31. The Bertz CT molecular complexity index is 910. The third-order valence-corrected chi connectivity index (χ3v) is 4.86. The SMILES string of the molecule is CC(C)n1c(C(=O)Nc2ccc3c(c2)OCCO3)cc2sccc21. The zero-order valence-electron chi connectivity index (χ0n) is 13.5. The topological polar surface area (TPSA) is 52.5 Å². The Morgan fingerprint density at radius 2 is 1.96 bits per heavy atom. The molecule has 0 bridgehead atoms. The maximum absolute atomic E-state index is 12.8. The number of aromatic nitrogens is 1. The molecule has 0 fully saturated rings. The lowest BCUT2D eigenvalue weighted by Crippen LogP contribution is -2.19. The Hall–Kier alpha value is -2.47. The number of ether oxygens (including phenoxy) is 2. The number of nitrogens with zero attached hydrogens (tertiary/aromatic N) is 1. The number of nitrogens with one attached hydrogen (secondary N) is 1. The maximum atomic E-state index is 12.8. The first kappa shape index (κ1) is 15.1. The Morgan fingerprint density at radius 3 is 2.75 bits per heavy atom. The van der Waals surface area contributed by atoms with Gasteiger partial charge in [-0.05, 0) is 43.5 Å². The average molecular weight is 342 g/mol. The van der Waals surface area contributed by atoms with Crippen LogP contribution in [0, 0.1) is 0 Å². The fraction of sp³-hybridized carbons (Fsp3) is 0.278. The first-order valence-electron chi connectivity index (χ1n) is 7.93. The molecule has 1 aromatic carbocycles. The third kappa shape index (κ3) is 2.53. The highest BCUT2D eigenvalue weighted by Gasteiger charge is 2.19. The fourth-order valence-electron chi connectivity index (χ4n) is 2.99. The predicted molar refractivity (Wildman–Crippen MR) is 95.6 cm³/mol. The van der Waals surface area contributed by atoms with Gasteiger partial charge in [0.15, 0.2) is 11.5 Å². The van der Waals surface area contributed by atoms with E-state index in [1.165, 1.54) is 0 Å². The smallest absolute Gasteiger partial charge is 0.272 e. The first-order chi connectivity index (χ1) is 11.6. The molecule has 0 unspecified atom stereocenters. The highest BCUT2D eigenvalue weighted by atomic mass is 32.1. The average Bonchev–Trinajstić information content (AvgIpc) is 3.15. The lowest BCUT2D eigenvalue weighted by molar-refractivity contribution is 0.101. The largest absolute Gasteiger partial charge is 0.486 e. The molecule has 0 aliphatic carbocycles. The van der Waals surface area contributed by atoms with E-state index in [9.17, 15) is 4.79 Å². The molecule has 3 heterocycles. The number of rotatable bonds is 3. The summed E-state index contributed by atoms with van der Waals surface area (Å²) in [7, 11) is 0. The number of carbonyl (C=O) groups is 1. The quantitative estimate of drug-likeness (QED) is 0.772. The molecule has 124 valence electrons. The van der Waals surface area contributed by atoms with Crippen molar-refractivity contribution < 1.29 is 14.3 Å². The number of benzene rings is 1. The summed E-state index contributed by atoms with van der Waals surface area (Å²) in [5, 5.41) is 5.01. The monoisotopic (exact) mass is 342 g/mol. The van der Waals surface area contributed by atoms with Crippen LogP contribution in [-0.4, -0.2) is 23.7 Å². The molecule has 0 atom stereocenters. The van der Waals surface area contributed by atoms with Crippen molar-refractivity contribution in [1.82, 2.24) is 4.57 Å². The lowest BCUT2D eigenvalue weighted by atomic mass is 10.2. The van der Waals surface area contributed by atoms with Gasteiger partial charge in [-0.15, -0.1) is 11.3 Å². The van der Waals surface area contributed by atoms with E-state index in [1.54, 1.807) is 17.4 Å². The number of carbonyl (C=O) groups excluding carboxylic acids is 1. The van der Waals surface area contributed by atoms with Crippen LogP contribution in [0.2, 0.25) is 0 Å². The van der Waals surface area contributed by atoms with Crippen LogP contribution in [0.15, 0.2) is 35.7 Å². The molecule has 6 heteroatoms. The minimum Gasteiger partial charge on any atom is -0.486 e. The van der Waals surface area contributed by atoms with Crippen molar-refractivity contribution in [3.63, 3.8) is 0 Å². The molecule has 1 aliphatic heterocycles. The van der Waals surface area contributed by atoms with Crippen LogP contribution in [-0.2, 0) is 0 Å². The van der Waals surface area contributed by atoms with Crippen molar-refractivity contribution in [3.05, 3.63) is 41.4 Å². The van der Waals surface area contributed by atoms with Crippen molar-refractivity contribution in [3.8, 4) is 11.5 Å². The molecule has 0 saturated carbocycles. The standard InChI is InChI=1S/C18H18N2O3S/c1-11(2)20-13-5-8-24-17(13)10-14(20)18(21)19-12-3-4-15-16(9-12)23-7-6-22-15/h3-5,8-11H,6-7H2,1-2H3,(H,19,21). The van der Waals surface area contributed by atoms with Gasteiger partial charge in [0, 0.05) is 17.8 Å². The van der Waals surface area contributed by atoms with Crippen molar-refractivity contribution in [1.29, 1.82) is 0 Å². The van der Waals surface area contributed by atoms with E-state index in [0.717, 1.165) is 10.2 Å². The second kappa shape index (κ2) is 5.87. The zero-order chi connectivity index (χ0) is 16.7. The number of hydrogen-bond acceptors (Lipinski definition) is 4. The van der Waals surface area contributed by atoms with E-state index in [4.69, 9.17) is 9.47 Å². The van der Waals surface area contributed by atoms with E-state index < -0.39 is 0 Å². The maximum Gasteiger partial charge on any atom is 0.272 e. The van der Waals surface area contributed by atoms with Gasteiger partial charge in [-0.25, -0.2) is 0 Å². The van der Waals surface area contributed by atoms with E-state index in [2.05, 4.69) is 29.8 Å². The van der Waals surface area contributed by atoms with E-state index in [0.29, 0.717) is 36.1 Å². The number of amides is 1. The molecule has 3 aromatic rings. The van der Waals surface area contributed by atoms with E-state index >= 15 is 0 Å². The first-order valence-corrected chi connectivity index (χ1v) is 8.81. The second-order valence-corrected chi connectivity index (χ2v) is 6.92. The third-order valence-electron chi connectivity index (χ3n) is 4.01. The summed E-state index contributed by atoms with van der Waals surface area (Å²) in [6.45, 7) is 5.24. The van der Waals surface area contributed by atoms with Gasteiger partial charge in [-0.3, -0.25) is 4.79 Å². The molecule has 4 rings (SSSR count). The van der Waals surface area contributed by atoms with Crippen LogP contribution in [0.25, 0.3) is 10.2 Å². The van der Waals surface area contributed by atoms with Gasteiger partial charge in [-0.2, -0.15) is 0 Å². The molecule has 0 radical (unpaired) electrons. The fourth-order valence-corrected chi connectivity index (χ4v) is 3.80. The van der Waals surface area contributed by atoms with Gasteiger partial charge in [0.2, 0.25) is 0 Å².